The summed E-state index contributed by atoms with van der Waals surface area (Å²) in [4.78, 5) is 37.8. The first-order valence-electron chi connectivity index (χ1n) is 21.0. The van der Waals surface area contributed by atoms with Gasteiger partial charge in [0.15, 0.2) is 18.9 Å². The molecule has 10 rings (SSSR count). The molecule has 2 saturated heterocycles. The van der Waals surface area contributed by atoms with Crippen molar-refractivity contribution in [1.29, 1.82) is 0 Å². The van der Waals surface area contributed by atoms with Crippen LogP contribution in [0.3, 0.4) is 0 Å². The van der Waals surface area contributed by atoms with E-state index in [2.05, 4.69) is 48.7 Å². The molecular weight excluding hydrogens is 757 g/mol. The maximum atomic E-state index is 12.3. The minimum Gasteiger partial charge on any atom is -0.497 e. The summed E-state index contributed by atoms with van der Waals surface area (Å²) in [5.41, 5.74) is 3.29. The average Bonchev–Trinajstić information content (AvgIpc) is 3.86. The molecule has 4 aromatic carbocycles. The monoisotopic (exact) mass is 805 g/mol. The Morgan fingerprint density at radius 2 is 1.38 bits per heavy atom. The van der Waals surface area contributed by atoms with E-state index < -0.39 is 11.9 Å². The molecule has 0 saturated carbocycles. The molecule has 2 aliphatic rings. The zero-order valence-electron chi connectivity index (χ0n) is 34.0. The summed E-state index contributed by atoms with van der Waals surface area (Å²) in [5.74, 6) is 1.07. The van der Waals surface area contributed by atoms with Crippen LogP contribution in [0.2, 0.25) is 0 Å². The number of H-pyrrole nitrogens is 1. The third-order valence-electron chi connectivity index (χ3n) is 13.5. The molecule has 0 unspecified atom stereocenters. The van der Waals surface area contributed by atoms with Crippen molar-refractivity contribution in [1.82, 2.24) is 24.3 Å². The quantitative estimate of drug-likeness (QED) is 0.111. The van der Waals surface area contributed by atoms with Crippen molar-refractivity contribution in [2.75, 3.05) is 53.5 Å². The molecule has 0 atom stereocenters. The number of carbonyl (C=O) groups is 2. The van der Waals surface area contributed by atoms with Gasteiger partial charge < -0.3 is 34.1 Å². The Labute approximate surface area is 346 Å². The van der Waals surface area contributed by atoms with Crippen molar-refractivity contribution in [3.63, 3.8) is 0 Å². The minimum atomic E-state index is -0.977. The van der Waals surface area contributed by atoms with Gasteiger partial charge in [-0.1, -0.05) is 0 Å². The number of hydrogen-bond acceptors (Lipinski definition) is 7. The van der Waals surface area contributed by atoms with E-state index in [0.29, 0.717) is 11.0 Å². The Balaban J connectivity index is 0.754. The standard InChI is InChI=1S/C48H48N6O6/c1-59-33-3-5-41-35(25-33)43-39-27-53(17-11-31(39)23-37(47(55)56)45(43)49-41)21-19-51-13-7-29(8-14-51)30-9-15-52(16-10-30)20-22-54-18-12-32-24-38(48(57)58)46-44(40(32)28-54)36-26-34(60-2)4-6-42(36)50-46/h3-6,11-12,17-18,23-30H,7-10,13-16,19-22H2,1-2H3,(H2,55,56,57,58)/p+1. The topological polar surface area (TPSA) is 137 Å². The van der Waals surface area contributed by atoms with Gasteiger partial charge in [-0.25, -0.2) is 19.1 Å². The summed E-state index contributed by atoms with van der Waals surface area (Å²) in [5, 5.41) is 27.5. The maximum Gasteiger partial charge on any atom is 0.337 e. The van der Waals surface area contributed by atoms with E-state index in [9.17, 15) is 19.8 Å². The highest BCUT2D eigenvalue weighted by Crippen LogP contribution is 2.38. The molecule has 6 heterocycles. The molecule has 4 aromatic heterocycles. The van der Waals surface area contributed by atoms with Crippen molar-refractivity contribution < 1.29 is 33.8 Å². The number of aromatic amines is 1. The van der Waals surface area contributed by atoms with Crippen LogP contribution in [0, 0.1) is 11.8 Å². The van der Waals surface area contributed by atoms with Gasteiger partial charge in [0, 0.05) is 64.0 Å². The molecular formula is C48H49N6O6+. The number of carboxylic acid groups (broad SMARTS) is 2. The highest BCUT2D eigenvalue weighted by Gasteiger charge is 2.30. The molecule has 306 valence electrons. The number of nitrogens with one attached hydrogen (secondary N) is 1. The third-order valence-corrected chi connectivity index (χ3v) is 13.5. The zero-order valence-corrected chi connectivity index (χ0v) is 34.0. The number of piperidine rings is 2. The second kappa shape index (κ2) is 15.4. The number of fused-ring (bicyclic) bond motifs is 10. The lowest BCUT2D eigenvalue weighted by Gasteiger charge is -2.40. The fourth-order valence-electron chi connectivity index (χ4n) is 10.1. The van der Waals surface area contributed by atoms with Gasteiger partial charge in [0.25, 0.3) is 0 Å². The van der Waals surface area contributed by atoms with Gasteiger partial charge in [0.05, 0.1) is 53.8 Å². The van der Waals surface area contributed by atoms with E-state index in [0.717, 1.165) is 130 Å². The van der Waals surface area contributed by atoms with Crippen LogP contribution in [0.15, 0.2) is 85.5 Å². The van der Waals surface area contributed by atoms with Gasteiger partial charge >= 0.3 is 11.9 Å². The van der Waals surface area contributed by atoms with Gasteiger partial charge in [-0.2, -0.15) is 0 Å². The number of hydrogen-bond donors (Lipinski definition) is 3. The van der Waals surface area contributed by atoms with Gasteiger partial charge in [-0.15, -0.1) is 0 Å². The van der Waals surface area contributed by atoms with E-state index in [1.54, 1.807) is 26.4 Å². The predicted octanol–water partition coefficient (Wildman–Crippen LogP) is 7.96. The molecule has 60 heavy (non-hydrogen) atoms. The summed E-state index contributed by atoms with van der Waals surface area (Å²) in [6.45, 7) is 8.14. The van der Waals surface area contributed by atoms with Crippen molar-refractivity contribution in [2.45, 2.75) is 38.8 Å². The van der Waals surface area contributed by atoms with Crippen LogP contribution in [-0.4, -0.2) is 100.0 Å². The van der Waals surface area contributed by atoms with Crippen molar-refractivity contribution in [3.8, 4) is 11.5 Å². The van der Waals surface area contributed by atoms with Crippen molar-refractivity contribution >= 4 is 77.1 Å². The molecule has 12 heteroatoms. The minimum absolute atomic E-state index is 0.217. The number of ether oxygens (including phenoxy) is 2. The normalized spacial score (nSPS) is 16.2. The molecule has 0 radical (unpaired) electrons. The third kappa shape index (κ3) is 6.83. The Morgan fingerprint density at radius 3 is 2.08 bits per heavy atom. The molecule has 0 spiro atoms. The van der Waals surface area contributed by atoms with Crippen LogP contribution in [0.25, 0.3) is 65.2 Å². The molecule has 8 aromatic rings. The predicted molar refractivity (Wildman–Crippen MR) is 234 cm³/mol. The van der Waals surface area contributed by atoms with Crippen molar-refractivity contribution in [3.05, 3.63) is 96.6 Å². The number of carboxylic acids is 2. The largest absolute Gasteiger partial charge is 0.497 e. The summed E-state index contributed by atoms with van der Waals surface area (Å²) in [6, 6.07) is 19.1. The van der Waals surface area contributed by atoms with Gasteiger partial charge in [0.1, 0.15) is 11.5 Å². The first-order chi connectivity index (χ1) is 29.2. The van der Waals surface area contributed by atoms with Gasteiger partial charge in [-0.05, 0) is 129 Å². The highest BCUT2D eigenvalue weighted by atomic mass is 16.5. The second-order valence-corrected chi connectivity index (χ2v) is 16.7. The van der Waals surface area contributed by atoms with Crippen LogP contribution in [0.5, 0.6) is 11.5 Å². The van der Waals surface area contributed by atoms with Gasteiger partial charge in [0.2, 0.25) is 0 Å². The van der Waals surface area contributed by atoms with E-state index in [1.807, 2.05) is 48.5 Å². The highest BCUT2D eigenvalue weighted by molar-refractivity contribution is 6.25. The molecule has 0 bridgehead atoms. The number of methoxy groups -OCH3 is 2. The summed E-state index contributed by atoms with van der Waals surface area (Å²) in [7, 11) is 3.28. The van der Waals surface area contributed by atoms with E-state index in [4.69, 9.17) is 14.5 Å². The van der Waals surface area contributed by atoms with Crippen LogP contribution < -0.4 is 14.0 Å². The average molecular weight is 806 g/mol. The Hall–Kier alpha value is -6.24. The molecule has 3 N–H and O–H groups in total. The van der Waals surface area contributed by atoms with Gasteiger partial charge in [-0.3, -0.25) is 4.90 Å². The summed E-state index contributed by atoms with van der Waals surface area (Å²) < 4.78 is 15.5. The number of nitrogens with zero attached hydrogens (tertiary/aromatic N) is 5. The molecule has 2 aliphatic heterocycles. The molecule has 0 amide bonds. The number of benzene rings is 4. The lowest BCUT2D eigenvalue weighted by Crippen LogP contribution is -2.45. The summed E-state index contributed by atoms with van der Waals surface area (Å²) >= 11 is 0. The van der Waals surface area contributed by atoms with Crippen LogP contribution in [-0.2, 0) is 13.1 Å². The maximum absolute atomic E-state index is 12.3. The summed E-state index contributed by atoms with van der Waals surface area (Å²) in [6.07, 6.45) is 13.4. The smallest absolute Gasteiger partial charge is 0.337 e. The van der Waals surface area contributed by atoms with Crippen LogP contribution in [0.4, 0.5) is 0 Å². The van der Waals surface area contributed by atoms with E-state index >= 15 is 0 Å². The molecule has 0 aliphatic carbocycles. The van der Waals surface area contributed by atoms with Crippen LogP contribution >= 0.6 is 0 Å². The first-order valence-corrected chi connectivity index (χ1v) is 21.0. The number of rotatable bonds is 11. The fraction of sp³-hybridized carbons (Fsp3) is 0.333. The zero-order chi connectivity index (χ0) is 41.1. The Bertz CT molecular complexity index is 2770. The fourth-order valence-corrected chi connectivity index (χ4v) is 10.1. The Kier molecular flexibility index (Phi) is 9.76. The first kappa shape index (κ1) is 38.0. The number of likely N-dealkylation sites (tertiary alicyclic amines) is 2. The number of aromatic carboxylic acids is 2. The number of aromatic nitrogens is 4. The number of pyridine rings is 2. The lowest BCUT2D eigenvalue weighted by atomic mass is 9.79. The van der Waals surface area contributed by atoms with Crippen molar-refractivity contribution in [2.24, 2.45) is 11.8 Å². The van der Waals surface area contributed by atoms with Crippen LogP contribution in [0.1, 0.15) is 46.4 Å². The lowest BCUT2D eigenvalue weighted by molar-refractivity contribution is -0.695. The molecule has 2 fully saturated rings. The molecule has 12 nitrogen and oxygen atoms in total. The Morgan fingerprint density at radius 1 is 0.733 bits per heavy atom. The SMILES string of the molecule is COc1ccc2nc3c(C(=O)O)cc4ccn(CCN5CCC(C6CCN(CC[n+]7ccc8cc(C(=O)O)c9[nH]c%10ccc(OC)cc%10c9c8c7)CC6)CC5)cc4c3c2c1. The van der Waals surface area contributed by atoms with E-state index in [-0.39, 0.29) is 11.1 Å². The second-order valence-electron chi connectivity index (χ2n) is 16.7. The van der Waals surface area contributed by atoms with E-state index in [1.165, 1.54) is 25.7 Å².